The van der Waals surface area contributed by atoms with Crippen molar-refractivity contribution in [1.82, 2.24) is 0 Å². The summed E-state index contributed by atoms with van der Waals surface area (Å²) in [5.41, 5.74) is 3.86. The smallest absolute Gasteiger partial charge is 0.321 e. The molecule has 3 N–H and O–H groups in total. The van der Waals surface area contributed by atoms with E-state index >= 15 is 0 Å². The first-order valence-corrected chi connectivity index (χ1v) is 5.02. The van der Waals surface area contributed by atoms with Gasteiger partial charge in [-0.15, -0.1) is 0 Å². The van der Waals surface area contributed by atoms with E-state index in [0.29, 0.717) is 0 Å². The van der Waals surface area contributed by atoms with E-state index in [1.54, 1.807) is 0 Å². The van der Waals surface area contributed by atoms with Gasteiger partial charge in [-0.25, -0.2) is 8.78 Å². The summed E-state index contributed by atoms with van der Waals surface area (Å²) in [7, 11) is 0. The van der Waals surface area contributed by atoms with Crippen LogP contribution >= 0.6 is 0 Å². The van der Waals surface area contributed by atoms with Crippen molar-refractivity contribution in [3.8, 4) is 0 Å². The summed E-state index contributed by atoms with van der Waals surface area (Å²) in [6.07, 6.45) is -1.16. The SMILES string of the molecule is CC(C)(C)OC(=O)C(CC(F)(F)CN)C(=O)O. The largest absolute Gasteiger partial charge is 0.481 e. The Bertz CT molecular complexity index is 299. The number of nitrogens with two attached hydrogens (primary N) is 1. The molecule has 100 valence electrons. The van der Waals surface area contributed by atoms with Crippen LogP contribution in [0.3, 0.4) is 0 Å². The van der Waals surface area contributed by atoms with Crippen molar-refractivity contribution in [2.75, 3.05) is 6.54 Å². The number of aliphatic carboxylic acids is 1. The highest BCUT2D eigenvalue weighted by atomic mass is 19.3. The molecule has 0 radical (unpaired) electrons. The monoisotopic (exact) mass is 253 g/mol. The number of carboxylic acids is 1. The second-order valence-corrected chi connectivity index (χ2v) is 4.69. The molecule has 0 heterocycles. The van der Waals surface area contributed by atoms with E-state index in [2.05, 4.69) is 0 Å². The van der Waals surface area contributed by atoms with Gasteiger partial charge in [0.15, 0.2) is 5.92 Å². The maximum Gasteiger partial charge on any atom is 0.321 e. The molecule has 0 aromatic rings. The van der Waals surface area contributed by atoms with Gasteiger partial charge in [0, 0.05) is 6.42 Å². The van der Waals surface area contributed by atoms with Crippen LogP contribution in [0.15, 0.2) is 0 Å². The highest BCUT2D eigenvalue weighted by Gasteiger charge is 2.40. The highest BCUT2D eigenvalue weighted by Crippen LogP contribution is 2.24. The number of rotatable bonds is 5. The lowest BCUT2D eigenvalue weighted by atomic mass is 10.0. The Morgan fingerprint density at radius 1 is 1.35 bits per heavy atom. The Balaban J connectivity index is 4.77. The molecule has 1 atom stereocenters. The van der Waals surface area contributed by atoms with Gasteiger partial charge < -0.3 is 15.6 Å². The van der Waals surface area contributed by atoms with E-state index in [1.165, 1.54) is 20.8 Å². The molecule has 0 amide bonds. The number of ether oxygens (including phenoxy) is 1. The molecule has 0 saturated heterocycles. The second kappa shape index (κ2) is 5.39. The minimum absolute atomic E-state index is 0.928. The number of hydrogen-bond acceptors (Lipinski definition) is 4. The molecule has 0 aliphatic heterocycles. The Labute approximate surface area is 97.9 Å². The van der Waals surface area contributed by atoms with Gasteiger partial charge in [-0.3, -0.25) is 9.59 Å². The minimum Gasteiger partial charge on any atom is -0.481 e. The van der Waals surface area contributed by atoms with E-state index in [9.17, 15) is 18.4 Å². The Morgan fingerprint density at radius 2 is 1.82 bits per heavy atom. The van der Waals surface area contributed by atoms with Crippen molar-refractivity contribution >= 4 is 11.9 Å². The standard InChI is InChI=1S/C10H17F2NO4/c1-9(2,3)17-8(16)6(7(14)15)4-10(11,12)5-13/h6H,4-5,13H2,1-3H3,(H,14,15). The minimum atomic E-state index is -3.40. The fourth-order valence-corrected chi connectivity index (χ4v) is 1.03. The lowest BCUT2D eigenvalue weighted by Gasteiger charge is -2.24. The lowest BCUT2D eigenvalue weighted by molar-refractivity contribution is -0.171. The lowest BCUT2D eigenvalue weighted by Crippen LogP contribution is -2.39. The highest BCUT2D eigenvalue weighted by molar-refractivity contribution is 5.94. The molecule has 17 heavy (non-hydrogen) atoms. The van der Waals surface area contributed by atoms with Crippen molar-refractivity contribution in [2.45, 2.75) is 38.7 Å². The summed E-state index contributed by atoms with van der Waals surface area (Å²) in [6.45, 7) is 3.54. The van der Waals surface area contributed by atoms with Crippen LogP contribution in [0, 0.1) is 5.92 Å². The zero-order chi connectivity index (χ0) is 13.9. The van der Waals surface area contributed by atoms with E-state index in [-0.39, 0.29) is 0 Å². The van der Waals surface area contributed by atoms with Gasteiger partial charge in [-0.1, -0.05) is 0 Å². The fraction of sp³-hybridized carbons (Fsp3) is 0.800. The molecule has 0 spiro atoms. The van der Waals surface area contributed by atoms with Crippen molar-refractivity contribution in [1.29, 1.82) is 0 Å². The summed E-state index contributed by atoms with van der Waals surface area (Å²) in [5.74, 6) is -8.14. The van der Waals surface area contributed by atoms with Gasteiger partial charge in [0.25, 0.3) is 5.92 Å². The molecule has 1 unspecified atom stereocenters. The molecule has 0 rings (SSSR count). The summed E-state index contributed by atoms with van der Waals surface area (Å²) in [5, 5.41) is 8.72. The first kappa shape index (κ1) is 15.8. The molecule has 0 bridgehead atoms. The summed E-state index contributed by atoms with van der Waals surface area (Å²) in [4.78, 5) is 22.2. The van der Waals surface area contributed by atoms with Crippen LogP contribution in [-0.4, -0.2) is 35.1 Å². The number of carbonyl (C=O) groups is 2. The van der Waals surface area contributed by atoms with Crippen LogP contribution in [0.4, 0.5) is 8.78 Å². The third kappa shape index (κ3) is 6.15. The van der Waals surface area contributed by atoms with E-state index in [4.69, 9.17) is 15.6 Å². The van der Waals surface area contributed by atoms with E-state index < -0.39 is 42.3 Å². The number of carbonyl (C=O) groups excluding carboxylic acids is 1. The van der Waals surface area contributed by atoms with E-state index in [0.717, 1.165) is 0 Å². The molecule has 0 saturated carbocycles. The van der Waals surface area contributed by atoms with Crippen molar-refractivity contribution in [2.24, 2.45) is 11.7 Å². The van der Waals surface area contributed by atoms with Crippen LogP contribution in [-0.2, 0) is 14.3 Å². The van der Waals surface area contributed by atoms with Gasteiger partial charge in [0.2, 0.25) is 0 Å². The molecule has 5 nitrogen and oxygen atoms in total. The molecule has 7 heteroatoms. The topological polar surface area (TPSA) is 89.6 Å². The third-order valence-corrected chi connectivity index (χ3v) is 1.79. The number of hydrogen-bond donors (Lipinski definition) is 2. The van der Waals surface area contributed by atoms with Crippen molar-refractivity contribution < 1.29 is 28.2 Å². The molecule has 0 aromatic carbocycles. The van der Waals surface area contributed by atoms with Crippen LogP contribution in [0.5, 0.6) is 0 Å². The Hall–Kier alpha value is -1.24. The molecule has 0 aliphatic rings. The number of esters is 1. The average molecular weight is 253 g/mol. The number of carboxylic acid groups (broad SMARTS) is 1. The second-order valence-electron chi connectivity index (χ2n) is 4.69. The maximum atomic E-state index is 13.0. The van der Waals surface area contributed by atoms with E-state index in [1.807, 2.05) is 0 Å². The quantitative estimate of drug-likeness (QED) is 0.564. The molecule has 0 aromatic heterocycles. The predicted molar refractivity (Wildman–Crippen MR) is 55.6 cm³/mol. The van der Waals surface area contributed by atoms with Gasteiger partial charge in [-0.2, -0.15) is 0 Å². The Kier molecular flexibility index (Phi) is 5.00. The average Bonchev–Trinajstić information content (AvgIpc) is 2.11. The van der Waals surface area contributed by atoms with Crippen molar-refractivity contribution in [3.05, 3.63) is 0 Å². The summed E-state index contributed by atoms with van der Waals surface area (Å²) >= 11 is 0. The molecular formula is C10H17F2NO4. The summed E-state index contributed by atoms with van der Waals surface area (Å²) in [6, 6.07) is 0. The first-order chi connectivity index (χ1) is 7.48. The Morgan fingerprint density at radius 3 is 2.12 bits per heavy atom. The normalized spacial score (nSPS) is 14.2. The van der Waals surface area contributed by atoms with Crippen molar-refractivity contribution in [3.63, 3.8) is 0 Å². The molecule has 0 fully saturated rings. The first-order valence-electron chi connectivity index (χ1n) is 5.02. The zero-order valence-corrected chi connectivity index (χ0v) is 10.00. The maximum absolute atomic E-state index is 13.0. The third-order valence-electron chi connectivity index (χ3n) is 1.79. The fourth-order valence-electron chi connectivity index (χ4n) is 1.03. The number of alkyl halides is 2. The molecule has 0 aliphatic carbocycles. The summed E-state index contributed by atoms with van der Waals surface area (Å²) < 4.78 is 30.7. The van der Waals surface area contributed by atoms with Crippen LogP contribution in [0.2, 0.25) is 0 Å². The van der Waals surface area contributed by atoms with Crippen LogP contribution in [0.1, 0.15) is 27.2 Å². The van der Waals surface area contributed by atoms with Crippen LogP contribution < -0.4 is 5.73 Å². The number of halogens is 2. The van der Waals surface area contributed by atoms with Gasteiger partial charge in [0.05, 0.1) is 6.54 Å². The van der Waals surface area contributed by atoms with Gasteiger partial charge in [0.1, 0.15) is 5.60 Å². The van der Waals surface area contributed by atoms with Gasteiger partial charge in [-0.05, 0) is 20.8 Å². The molecular weight excluding hydrogens is 236 g/mol. The predicted octanol–water partition coefficient (Wildman–Crippen LogP) is 1.01. The van der Waals surface area contributed by atoms with Crippen LogP contribution in [0.25, 0.3) is 0 Å². The van der Waals surface area contributed by atoms with Gasteiger partial charge >= 0.3 is 11.9 Å². The zero-order valence-electron chi connectivity index (χ0n) is 10.00.